The number of aromatic nitrogens is 2. The van der Waals surface area contributed by atoms with E-state index in [1.165, 1.54) is 13.0 Å². The van der Waals surface area contributed by atoms with Crippen molar-refractivity contribution in [3.63, 3.8) is 0 Å². The Bertz CT molecular complexity index is 867. The Morgan fingerprint density at radius 2 is 2.07 bits per heavy atom. The molecule has 0 spiro atoms. The summed E-state index contributed by atoms with van der Waals surface area (Å²) < 4.78 is 6.79. The van der Waals surface area contributed by atoms with Crippen LogP contribution in [0, 0.1) is 10.1 Å². The number of nitro benzene ring substituents is 1. The summed E-state index contributed by atoms with van der Waals surface area (Å²) in [6.07, 6.45) is 1.28. The largest absolute Gasteiger partial charge is 0.449 e. The molecule has 9 nitrogen and oxygen atoms in total. The molecule has 0 aliphatic rings. The van der Waals surface area contributed by atoms with E-state index in [1.807, 2.05) is 13.8 Å². The van der Waals surface area contributed by atoms with Crippen molar-refractivity contribution in [1.82, 2.24) is 9.78 Å². The first kappa shape index (κ1) is 20.4. The van der Waals surface area contributed by atoms with Gasteiger partial charge in [0, 0.05) is 18.2 Å². The van der Waals surface area contributed by atoms with Crippen LogP contribution in [0.15, 0.2) is 30.5 Å². The predicted octanol–water partition coefficient (Wildman–Crippen LogP) is 3.60. The minimum absolute atomic E-state index is 0.0634. The van der Waals surface area contributed by atoms with E-state index >= 15 is 0 Å². The number of ether oxygens (including phenoxy) is 1. The quantitative estimate of drug-likeness (QED) is 0.435. The zero-order valence-electron chi connectivity index (χ0n) is 15.0. The van der Waals surface area contributed by atoms with Crippen LogP contribution >= 0.6 is 11.6 Å². The highest BCUT2D eigenvalue weighted by molar-refractivity contribution is 6.33. The normalized spacial score (nSPS) is 12.9. The number of esters is 1. The molecule has 2 rings (SSSR count). The van der Waals surface area contributed by atoms with Gasteiger partial charge in [-0.3, -0.25) is 14.9 Å². The zero-order valence-corrected chi connectivity index (χ0v) is 15.8. The summed E-state index contributed by atoms with van der Waals surface area (Å²) in [5.74, 6) is -0.898. The van der Waals surface area contributed by atoms with Gasteiger partial charge >= 0.3 is 5.97 Å². The molecule has 2 aromatic rings. The predicted molar refractivity (Wildman–Crippen MR) is 98.8 cm³/mol. The molecule has 10 heteroatoms. The number of hydrogen-bond acceptors (Lipinski definition) is 6. The van der Waals surface area contributed by atoms with Gasteiger partial charge in [-0.2, -0.15) is 5.10 Å². The molecule has 1 amide bonds. The molecular formula is C17H19ClN4O5. The molecule has 0 saturated carbocycles. The summed E-state index contributed by atoms with van der Waals surface area (Å²) in [5, 5.41) is 17.4. The van der Waals surface area contributed by atoms with E-state index in [2.05, 4.69) is 10.4 Å². The SMILES string of the molecule is CC[C@H](C)n1nccc1NC(=O)[C@H](C)OC(=O)c1ccc([N+](=O)[O-])cc1Cl. The molecule has 1 aromatic carbocycles. The number of non-ortho nitro benzene ring substituents is 1. The Morgan fingerprint density at radius 1 is 1.37 bits per heavy atom. The molecule has 1 heterocycles. The smallest absolute Gasteiger partial charge is 0.340 e. The number of carbonyl (C=O) groups excluding carboxylic acids is 2. The number of amides is 1. The second-order valence-electron chi connectivity index (χ2n) is 5.88. The third kappa shape index (κ3) is 4.82. The molecule has 0 aliphatic heterocycles. The number of halogens is 1. The standard InChI is InChI=1S/C17H19ClN4O5/c1-4-10(2)21-15(7-8-19-21)20-16(23)11(3)27-17(24)13-6-5-12(22(25)26)9-14(13)18/h5-11H,4H2,1-3H3,(H,20,23)/t10-,11-/m0/s1. The Morgan fingerprint density at radius 3 is 2.67 bits per heavy atom. The monoisotopic (exact) mass is 394 g/mol. The third-order valence-electron chi connectivity index (χ3n) is 3.97. The van der Waals surface area contributed by atoms with Crippen molar-refractivity contribution in [2.75, 3.05) is 5.32 Å². The fourth-order valence-electron chi connectivity index (χ4n) is 2.23. The van der Waals surface area contributed by atoms with Crippen LogP contribution in [0.4, 0.5) is 11.5 Å². The van der Waals surface area contributed by atoms with Gasteiger partial charge in [-0.15, -0.1) is 0 Å². The van der Waals surface area contributed by atoms with Crippen molar-refractivity contribution in [2.24, 2.45) is 0 Å². The Kier molecular flexibility index (Phi) is 6.51. The van der Waals surface area contributed by atoms with Crippen LogP contribution < -0.4 is 5.32 Å². The minimum Gasteiger partial charge on any atom is -0.449 e. The first-order valence-electron chi connectivity index (χ1n) is 8.23. The number of nitrogens with zero attached hydrogens (tertiary/aromatic N) is 3. The van der Waals surface area contributed by atoms with E-state index in [4.69, 9.17) is 16.3 Å². The number of nitrogens with one attached hydrogen (secondary N) is 1. The van der Waals surface area contributed by atoms with Gasteiger partial charge < -0.3 is 10.1 Å². The van der Waals surface area contributed by atoms with Gasteiger partial charge in [0.2, 0.25) is 0 Å². The fourth-order valence-corrected chi connectivity index (χ4v) is 2.48. The number of hydrogen-bond donors (Lipinski definition) is 1. The summed E-state index contributed by atoms with van der Waals surface area (Å²) in [4.78, 5) is 34.6. The molecule has 1 N–H and O–H groups in total. The maximum atomic E-state index is 12.3. The maximum Gasteiger partial charge on any atom is 0.340 e. The lowest BCUT2D eigenvalue weighted by Gasteiger charge is -2.17. The number of rotatable bonds is 7. The van der Waals surface area contributed by atoms with E-state index in [0.717, 1.165) is 18.6 Å². The van der Waals surface area contributed by atoms with Gasteiger partial charge in [0.25, 0.3) is 11.6 Å². The van der Waals surface area contributed by atoms with Gasteiger partial charge in [-0.1, -0.05) is 18.5 Å². The topological polar surface area (TPSA) is 116 Å². The number of anilines is 1. The van der Waals surface area contributed by atoms with Crippen molar-refractivity contribution < 1.29 is 19.2 Å². The highest BCUT2D eigenvalue weighted by Crippen LogP contribution is 2.23. The molecule has 2 atom stereocenters. The minimum atomic E-state index is -1.11. The molecule has 0 fully saturated rings. The maximum absolute atomic E-state index is 12.3. The summed E-state index contributed by atoms with van der Waals surface area (Å²) in [5.41, 5.74) is -0.313. The van der Waals surface area contributed by atoms with Crippen LogP contribution in [0.3, 0.4) is 0 Å². The van der Waals surface area contributed by atoms with Crippen molar-refractivity contribution in [3.8, 4) is 0 Å². The Balaban J connectivity index is 2.05. The average molecular weight is 395 g/mol. The van der Waals surface area contributed by atoms with Gasteiger partial charge in [0.05, 0.1) is 27.7 Å². The zero-order chi connectivity index (χ0) is 20.1. The third-order valence-corrected chi connectivity index (χ3v) is 4.28. The van der Waals surface area contributed by atoms with Gasteiger partial charge in [0.15, 0.2) is 6.10 Å². The average Bonchev–Trinajstić information content (AvgIpc) is 3.08. The van der Waals surface area contributed by atoms with Crippen LogP contribution in [-0.2, 0) is 9.53 Å². The lowest BCUT2D eigenvalue weighted by Crippen LogP contribution is -2.31. The van der Waals surface area contributed by atoms with Crippen molar-refractivity contribution in [3.05, 3.63) is 51.2 Å². The molecule has 0 radical (unpaired) electrons. The molecule has 0 unspecified atom stereocenters. The summed E-state index contributed by atoms with van der Waals surface area (Å²) in [6, 6.07) is 5.11. The molecule has 27 heavy (non-hydrogen) atoms. The number of benzene rings is 1. The summed E-state index contributed by atoms with van der Waals surface area (Å²) >= 11 is 5.90. The van der Waals surface area contributed by atoms with E-state index in [0.29, 0.717) is 5.82 Å². The highest BCUT2D eigenvalue weighted by Gasteiger charge is 2.23. The van der Waals surface area contributed by atoms with Gasteiger partial charge in [-0.25, -0.2) is 9.48 Å². The molecular weight excluding hydrogens is 376 g/mol. The second kappa shape index (κ2) is 8.63. The Hall–Kier alpha value is -2.94. The summed E-state index contributed by atoms with van der Waals surface area (Å²) in [7, 11) is 0. The summed E-state index contributed by atoms with van der Waals surface area (Å²) in [6.45, 7) is 5.37. The van der Waals surface area contributed by atoms with Gasteiger partial charge in [-0.05, 0) is 26.3 Å². The Labute approximate surface area is 160 Å². The van der Waals surface area contributed by atoms with E-state index < -0.39 is 22.9 Å². The van der Waals surface area contributed by atoms with Crippen LogP contribution in [0.5, 0.6) is 0 Å². The van der Waals surface area contributed by atoms with Gasteiger partial charge in [0.1, 0.15) is 5.82 Å². The number of carbonyl (C=O) groups is 2. The number of nitro groups is 1. The van der Waals surface area contributed by atoms with E-state index in [1.54, 1.807) is 16.9 Å². The highest BCUT2D eigenvalue weighted by atomic mass is 35.5. The molecule has 0 saturated heterocycles. The fraction of sp³-hybridized carbons (Fsp3) is 0.353. The van der Waals surface area contributed by atoms with Crippen LogP contribution in [0.2, 0.25) is 5.02 Å². The first-order valence-corrected chi connectivity index (χ1v) is 8.61. The van der Waals surface area contributed by atoms with E-state index in [9.17, 15) is 19.7 Å². The van der Waals surface area contributed by atoms with Crippen LogP contribution in [0.1, 0.15) is 43.6 Å². The van der Waals surface area contributed by atoms with Crippen molar-refractivity contribution in [1.29, 1.82) is 0 Å². The second-order valence-corrected chi connectivity index (χ2v) is 6.28. The lowest BCUT2D eigenvalue weighted by molar-refractivity contribution is -0.384. The first-order chi connectivity index (χ1) is 12.7. The van der Waals surface area contributed by atoms with E-state index in [-0.39, 0.29) is 22.3 Å². The van der Waals surface area contributed by atoms with Crippen molar-refractivity contribution >= 4 is 35.0 Å². The van der Waals surface area contributed by atoms with Crippen LogP contribution in [0.25, 0.3) is 0 Å². The molecule has 0 bridgehead atoms. The molecule has 1 aromatic heterocycles. The van der Waals surface area contributed by atoms with Crippen LogP contribution in [-0.4, -0.2) is 32.7 Å². The molecule has 144 valence electrons. The molecule has 0 aliphatic carbocycles. The lowest BCUT2D eigenvalue weighted by atomic mass is 10.2. The van der Waals surface area contributed by atoms with Crippen molar-refractivity contribution in [2.45, 2.75) is 39.3 Å².